The van der Waals surface area contributed by atoms with E-state index in [-0.39, 0.29) is 18.9 Å². The Hall–Kier alpha value is -3.85. The van der Waals surface area contributed by atoms with E-state index in [4.69, 9.17) is 4.74 Å². The van der Waals surface area contributed by atoms with Gasteiger partial charge in [0, 0.05) is 19.5 Å². The van der Waals surface area contributed by atoms with Gasteiger partial charge in [0.15, 0.2) is 0 Å². The molecule has 0 aromatic heterocycles. The van der Waals surface area contributed by atoms with Crippen LogP contribution in [0.5, 0.6) is 5.75 Å². The number of carbonyl (C=O) groups excluding carboxylic acids is 2. The number of carbonyl (C=O) groups is 2. The van der Waals surface area contributed by atoms with Crippen molar-refractivity contribution in [2.75, 3.05) is 30.8 Å². The summed E-state index contributed by atoms with van der Waals surface area (Å²) < 4.78 is 31.9. The van der Waals surface area contributed by atoms with Crippen LogP contribution in [-0.4, -0.2) is 57.6 Å². The van der Waals surface area contributed by atoms with Gasteiger partial charge in [0.05, 0.1) is 19.1 Å². The van der Waals surface area contributed by atoms with Crippen molar-refractivity contribution in [1.82, 2.24) is 10.2 Å². The second-order valence-corrected chi connectivity index (χ2v) is 10.9. The zero-order chi connectivity index (χ0) is 27.5. The number of nitrogens with one attached hydrogen (secondary N) is 1. The van der Waals surface area contributed by atoms with Gasteiger partial charge in [0.25, 0.3) is 0 Å². The zero-order valence-electron chi connectivity index (χ0n) is 22.0. The molecule has 202 valence electrons. The maximum Gasteiger partial charge on any atom is 0.244 e. The average Bonchev–Trinajstić information content (AvgIpc) is 2.92. The highest BCUT2D eigenvalue weighted by molar-refractivity contribution is 7.92. The second-order valence-electron chi connectivity index (χ2n) is 8.97. The lowest BCUT2D eigenvalue weighted by Crippen LogP contribution is -2.53. The van der Waals surface area contributed by atoms with Crippen LogP contribution in [-0.2, 0) is 32.6 Å². The third kappa shape index (κ3) is 8.08. The average molecular weight is 538 g/mol. The van der Waals surface area contributed by atoms with Crippen molar-refractivity contribution in [3.05, 3.63) is 96.1 Å². The molecule has 0 aliphatic rings. The third-order valence-electron chi connectivity index (χ3n) is 6.03. The summed E-state index contributed by atoms with van der Waals surface area (Å²) in [7, 11) is -2.23. The van der Waals surface area contributed by atoms with Gasteiger partial charge in [-0.1, -0.05) is 67.6 Å². The molecule has 1 unspecified atom stereocenters. The number of hydrogen-bond acceptors (Lipinski definition) is 5. The van der Waals surface area contributed by atoms with Gasteiger partial charge in [-0.25, -0.2) is 8.42 Å². The highest BCUT2D eigenvalue weighted by Crippen LogP contribution is 2.21. The molecule has 1 N–H and O–H groups in total. The molecule has 0 spiro atoms. The van der Waals surface area contributed by atoms with Crippen molar-refractivity contribution in [1.29, 1.82) is 0 Å². The highest BCUT2D eigenvalue weighted by atomic mass is 32.2. The summed E-state index contributed by atoms with van der Waals surface area (Å²) in [5, 5.41) is 2.92. The predicted octanol–water partition coefficient (Wildman–Crippen LogP) is 3.63. The molecule has 8 nitrogen and oxygen atoms in total. The van der Waals surface area contributed by atoms with Crippen LogP contribution in [0.3, 0.4) is 0 Å². The molecular weight excluding hydrogens is 502 g/mol. The molecule has 1 atom stereocenters. The van der Waals surface area contributed by atoms with Crippen LogP contribution in [0.4, 0.5) is 5.69 Å². The molecule has 0 heterocycles. The van der Waals surface area contributed by atoms with Gasteiger partial charge in [-0.15, -0.1) is 0 Å². The summed E-state index contributed by atoms with van der Waals surface area (Å²) in [6.45, 7) is 2.07. The molecule has 0 fully saturated rings. The number of amides is 2. The van der Waals surface area contributed by atoms with Crippen LogP contribution in [0.1, 0.15) is 24.5 Å². The Kier molecular flexibility index (Phi) is 10.3. The molecule has 0 bridgehead atoms. The SMILES string of the molecule is CCCNC(=O)C(Cc1ccccc1)N(Cc1cccc(OC)c1)C(=O)CN(c1ccccc1)S(C)(=O)=O. The third-order valence-corrected chi connectivity index (χ3v) is 7.17. The lowest BCUT2D eigenvalue weighted by Gasteiger charge is -2.33. The molecule has 0 saturated heterocycles. The maximum absolute atomic E-state index is 14.0. The second kappa shape index (κ2) is 13.6. The molecule has 38 heavy (non-hydrogen) atoms. The molecule has 0 aliphatic carbocycles. The van der Waals surface area contributed by atoms with Crippen LogP contribution >= 0.6 is 0 Å². The van der Waals surface area contributed by atoms with Crippen molar-refractivity contribution in [2.45, 2.75) is 32.4 Å². The molecule has 3 rings (SSSR count). The van der Waals surface area contributed by atoms with Crippen molar-refractivity contribution < 1.29 is 22.7 Å². The number of anilines is 1. The van der Waals surface area contributed by atoms with Gasteiger partial charge in [-0.05, 0) is 41.8 Å². The maximum atomic E-state index is 14.0. The Morgan fingerprint density at radius 1 is 0.921 bits per heavy atom. The molecule has 9 heteroatoms. The van der Waals surface area contributed by atoms with E-state index in [1.807, 2.05) is 49.4 Å². The number of para-hydroxylation sites is 1. The Balaban J connectivity index is 2.03. The summed E-state index contributed by atoms with van der Waals surface area (Å²) in [6.07, 6.45) is 2.08. The van der Waals surface area contributed by atoms with E-state index in [9.17, 15) is 18.0 Å². The molecule has 0 radical (unpaired) electrons. The van der Waals surface area contributed by atoms with E-state index in [1.165, 1.54) is 4.90 Å². The van der Waals surface area contributed by atoms with Crippen LogP contribution in [0.25, 0.3) is 0 Å². The largest absolute Gasteiger partial charge is 0.497 e. The molecule has 0 aliphatic heterocycles. The van der Waals surface area contributed by atoms with Crippen LogP contribution in [0, 0.1) is 0 Å². The lowest BCUT2D eigenvalue weighted by molar-refractivity contribution is -0.140. The monoisotopic (exact) mass is 537 g/mol. The predicted molar refractivity (Wildman–Crippen MR) is 149 cm³/mol. The Morgan fingerprint density at radius 2 is 1.55 bits per heavy atom. The number of sulfonamides is 1. The van der Waals surface area contributed by atoms with E-state index in [0.29, 0.717) is 18.0 Å². The summed E-state index contributed by atoms with van der Waals surface area (Å²) in [4.78, 5) is 28.9. The minimum atomic E-state index is -3.78. The van der Waals surface area contributed by atoms with E-state index in [0.717, 1.165) is 28.1 Å². The quantitative estimate of drug-likeness (QED) is 0.359. The first-order valence-corrected chi connectivity index (χ1v) is 14.3. The fourth-order valence-electron chi connectivity index (χ4n) is 4.10. The smallest absolute Gasteiger partial charge is 0.244 e. The Morgan fingerprint density at radius 3 is 2.16 bits per heavy atom. The van der Waals surface area contributed by atoms with E-state index >= 15 is 0 Å². The van der Waals surface area contributed by atoms with Crippen LogP contribution in [0.2, 0.25) is 0 Å². The number of hydrogen-bond donors (Lipinski definition) is 1. The lowest BCUT2D eigenvalue weighted by atomic mass is 10.0. The molecule has 0 saturated carbocycles. The molecule has 2 amide bonds. The fourth-order valence-corrected chi connectivity index (χ4v) is 4.95. The number of nitrogens with zero attached hydrogens (tertiary/aromatic N) is 2. The standard InChI is InChI=1S/C29H35N3O5S/c1-4-18-30-29(34)27(20-23-12-7-5-8-13-23)31(21-24-14-11-17-26(19-24)37-2)28(33)22-32(38(3,35)36)25-15-9-6-10-16-25/h5-17,19,27H,4,18,20-22H2,1-3H3,(H,30,34). The number of rotatable bonds is 13. The number of ether oxygens (including phenoxy) is 1. The molecular formula is C29H35N3O5S. The van der Waals surface area contributed by atoms with Gasteiger partial charge in [-0.3, -0.25) is 13.9 Å². The van der Waals surface area contributed by atoms with Crippen LogP contribution in [0.15, 0.2) is 84.9 Å². The van der Waals surface area contributed by atoms with Gasteiger partial charge in [-0.2, -0.15) is 0 Å². The first-order chi connectivity index (χ1) is 18.2. The van der Waals surface area contributed by atoms with Crippen molar-refractivity contribution in [2.24, 2.45) is 0 Å². The summed E-state index contributed by atoms with van der Waals surface area (Å²) in [5.74, 6) is -0.167. The minimum absolute atomic E-state index is 0.0967. The summed E-state index contributed by atoms with van der Waals surface area (Å²) in [6, 6.07) is 24.3. The van der Waals surface area contributed by atoms with E-state index in [2.05, 4.69) is 5.32 Å². The van der Waals surface area contributed by atoms with E-state index < -0.39 is 28.5 Å². The fraction of sp³-hybridized carbons (Fsp3) is 0.310. The summed E-state index contributed by atoms with van der Waals surface area (Å²) >= 11 is 0. The number of benzene rings is 3. The topological polar surface area (TPSA) is 96.0 Å². The van der Waals surface area contributed by atoms with Crippen LogP contribution < -0.4 is 14.4 Å². The normalized spacial score (nSPS) is 11.9. The van der Waals surface area contributed by atoms with Crippen molar-refractivity contribution >= 4 is 27.5 Å². The molecule has 3 aromatic carbocycles. The first-order valence-electron chi connectivity index (χ1n) is 12.5. The van der Waals surface area contributed by atoms with Crippen molar-refractivity contribution in [3.8, 4) is 5.75 Å². The number of methoxy groups -OCH3 is 1. The summed E-state index contributed by atoms with van der Waals surface area (Å²) in [5.41, 5.74) is 2.01. The highest BCUT2D eigenvalue weighted by Gasteiger charge is 2.32. The minimum Gasteiger partial charge on any atom is -0.497 e. The Labute approximate surface area is 225 Å². The Bertz CT molecular complexity index is 1300. The first kappa shape index (κ1) is 28.7. The van der Waals surface area contributed by atoms with Gasteiger partial charge in [0.1, 0.15) is 18.3 Å². The van der Waals surface area contributed by atoms with E-state index in [1.54, 1.807) is 49.6 Å². The van der Waals surface area contributed by atoms with Gasteiger partial charge >= 0.3 is 0 Å². The molecule has 3 aromatic rings. The van der Waals surface area contributed by atoms with Crippen molar-refractivity contribution in [3.63, 3.8) is 0 Å². The zero-order valence-corrected chi connectivity index (χ0v) is 22.9. The van der Waals surface area contributed by atoms with Gasteiger partial charge in [0.2, 0.25) is 21.8 Å². The van der Waals surface area contributed by atoms with Gasteiger partial charge < -0.3 is 15.0 Å².